The molecule has 0 aliphatic carbocycles. The summed E-state index contributed by atoms with van der Waals surface area (Å²) >= 11 is 6.83. The third-order valence-electron chi connectivity index (χ3n) is 2.37. The lowest BCUT2D eigenvalue weighted by molar-refractivity contribution is 0.0977. The van der Waals surface area contributed by atoms with Gasteiger partial charge in [-0.05, 0) is 29.7 Å². The highest BCUT2D eigenvalue weighted by molar-refractivity contribution is 9.11. The van der Waals surface area contributed by atoms with Gasteiger partial charge in [0, 0.05) is 8.95 Å². The van der Waals surface area contributed by atoms with Crippen LogP contribution in [0.25, 0.3) is 0 Å². The van der Waals surface area contributed by atoms with Crippen LogP contribution in [0.2, 0.25) is 0 Å². The van der Waals surface area contributed by atoms with Crippen molar-refractivity contribution in [2.24, 2.45) is 11.7 Å². The van der Waals surface area contributed by atoms with Crippen molar-refractivity contribution in [3.05, 3.63) is 32.7 Å². The van der Waals surface area contributed by atoms with Crippen LogP contribution in [0.3, 0.4) is 0 Å². The maximum absolute atomic E-state index is 9.90. The molecular formula is C11H16Br2ClNO. The summed E-state index contributed by atoms with van der Waals surface area (Å²) in [7, 11) is 0. The van der Waals surface area contributed by atoms with Crippen molar-refractivity contribution in [1.29, 1.82) is 0 Å². The Morgan fingerprint density at radius 2 is 1.81 bits per heavy atom. The van der Waals surface area contributed by atoms with Crippen LogP contribution < -0.4 is 5.73 Å². The molecule has 0 unspecified atom stereocenters. The summed E-state index contributed by atoms with van der Waals surface area (Å²) in [6.07, 6.45) is -0.532. The summed E-state index contributed by atoms with van der Waals surface area (Å²) < 4.78 is 1.89. The average molecular weight is 374 g/mol. The van der Waals surface area contributed by atoms with Gasteiger partial charge in [0.1, 0.15) is 0 Å². The summed E-state index contributed by atoms with van der Waals surface area (Å²) in [6, 6.07) is 5.42. The lowest BCUT2D eigenvalue weighted by Crippen LogP contribution is -2.30. The van der Waals surface area contributed by atoms with E-state index in [1.807, 2.05) is 32.0 Å². The van der Waals surface area contributed by atoms with Crippen LogP contribution in [0, 0.1) is 5.92 Å². The molecule has 0 aliphatic rings. The van der Waals surface area contributed by atoms with E-state index in [9.17, 15) is 5.11 Å². The van der Waals surface area contributed by atoms with Crippen molar-refractivity contribution < 1.29 is 5.11 Å². The van der Waals surface area contributed by atoms with Crippen LogP contribution in [0.4, 0.5) is 0 Å². The fraction of sp³-hybridized carbons (Fsp3) is 0.455. The van der Waals surface area contributed by atoms with Gasteiger partial charge in [-0.1, -0.05) is 45.7 Å². The van der Waals surface area contributed by atoms with E-state index >= 15 is 0 Å². The molecule has 0 spiro atoms. The molecule has 1 rings (SSSR count). The molecule has 3 N–H and O–H groups in total. The van der Waals surface area contributed by atoms with Crippen molar-refractivity contribution in [1.82, 2.24) is 0 Å². The second-order valence-corrected chi connectivity index (χ2v) is 5.70. The van der Waals surface area contributed by atoms with E-state index in [0.717, 1.165) is 14.5 Å². The van der Waals surface area contributed by atoms with E-state index in [1.165, 1.54) is 0 Å². The van der Waals surface area contributed by atoms with E-state index < -0.39 is 6.10 Å². The minimum atomic E-state index is -0.532. The molecule has 0 aromatic heterocycles. The van der Waals surface area contributed by atoms with Crippen LogP contribution in [-0.4, -0.2) is 11.2 Å². The summed E-state index contributed by atoms with van der Waals surface area (Å²) in [4.78, 5) is 0. The third kappa shape index (κ3) is 4.00. The Balaban J connectivity index is 0.00000225. The maximum atomic E-state index is 9.90. The first-order valence-corrected chi connectivity index (χ1v) is 6.40. The zero-order valence-corrected chi connectivity index (χ0v) is 13.1. The smallest absolute Gasteiger partial charge is 0.0756 e. The SMILES string of the molecule is CC(C)[C@H](O)[C@H](N)c1cc(Br)ccc1Br.Cl. The van der Waals surface area contributed by atoms with Gasteiger partial charge >= 0.3 is 0 Å². The number of benzene rings is 1. The Labute approximate surface area is 119 Å². The normalized spacial score (nSPS) is 14.4. The van der Waals surface area contributed by atoms with E-state index in [4.69, 9.17) is 5.73 Å². The quantitative estimate of drug-likeness (QED) is 0.850. The van der Waals surface area contributed by atoms with E-state index in [1.54, 1.807) is 0 Å². The lowest BCUT2D eigenvalue weighted by Gasteiger charge is -2.23. The lowest BCUT2D eigenvalue weighted by atomic mass is 9.94. The molecule has 0 aliphatic heterocycles. The molecular weight excluding hydrogens is 357 g/mol. The van der Waals surface area contributed by atoms with Crippen molar-refractivity contribution >= 4 is 44.3 Å². The predicted octanol–water partition coefficient (Wildman–Crippen LogP) is 3.65. The molecule has 0 fully saturated rings. The standard InChI is InChI=1S/C11H15Br2NO.ClH/c1-6(2)11(15)10(14)8-5-7(12)3-4-9(8)13;/h3-6,10-11,15H,14H2,1-2H3;1H/t10-,11+;/m1./s1. The topological polar surface area (TPSA) is 46.2 Å². The summed E-state index contributed by atoms with van der Waals surface area (Å²) in [6.45, 7) is 3.91. The van der Waals surface area contributed by atoms with Crippen molar-refractivity contribution in [2.75, 3.05) is 0 Å². The molecule has 0 amide bonds. The molecule has 0 saturated heterocycles. The van der Waals surface area contributed by atoms with E-state index in [0.29, 0.717) is 0 Å². The third-order valence-corrected chi connectivity index (χ3v) is 3.58. The average Bonchev–Trinajstić information content (AvgIpc) is 2.19. The first-order chi connectivity index (χ1) is 6.93. The monoisotopic (exact) mass is 371 g/mol. The summed E-state index contributed by atoms with van der Waals surface area (Å²) in [5.41, 5.74) is 6.93. The van der Waals surface area contributed by atoms with Gasteiger partial charge in [0.05, 0.1) is 12.1 Å². The van der Waals surface area contributed by atoms with Crippen LogP contribution in [0.1, 0.15) is 25.5 Å². The van der Waals surface area contributed by atoms with Crippen LogP contribution in [-0.2, 0) is 0 Å². The van der Waals surface area contributed by atoms with E-state index in [2.05, 4.69) is 31.9 Å². The molecule has 0 heterocycles. The predicted molar refractivity (Wildman–Crippen MR) is 76.9 cm³/mol. The number of hydrogen-bond donors (Lipinski definition) is 2. The molecule has 1 aromatic carbocycles. The van der Waals surface area contributed by atoms with Gasteiger partial charge in [-0.15, -0.1) is 12.4 Å². The Hall–Kier alpha value is 0.390. The Bertz CT molecular complexity index is 347. The highest BCUT2D eigenvalue weighted by atomic mass is 79.9. The zero-order valence-electron chi connectivity index (χ0n) is 9.15. The Kier molecular flexibility index (Phi) is 7.14. The number of aliphatic hydroxyl groups is 1. The van der Waals surface area contributed by atoms with Gasteiger partial charge < -0.3 is 10.8 Å². The molecule has 2 nitrogen and oxygen atoms in total. The maximum Gasteiger partial charge on any atom is 0.0756 e. The summed E-state index contributed by atoms with van der Waals surface area (Å²) in [5, 5.41) is 9.90. The number of nitrogens with two attached hydrogens (primary N) is 1. The minimum absolute atomic E-state index is 0. The van der Waals surface area contributed by atoms with Gasteiger partial charge in [0.2, 0.25) is 0 Å². The number of hydrogen-bond acceptors (Lipinski definition) is 2. The highest BCUT2D eigenvalue weighted by Gasteiger charge is 2.21. The largest absolute Gasteiger partial charge is 0.391 e. The number of rotatable bonds is 3. The Morgan fingerprint density at radius 3 is 2.31 bits per heavy atom. The fourth-order valence-corrected chi connectivity index (χ4v) is 2.26. The molecule has 92 valence electrons. The Morgan fingerprint density at radius 1 is 1.25 bits per heavy atom. The summed E-state index contributed by atoms with van der Waals surface area (Å²) in [5.74, 6) is 0.144. The van der Waals surface area contributed by atoms with Gasteiger partial charge in [0.25, 0.3) is 0 Å². The molecule has 0 radical (unpaired) electrons. The van der Waals surface area contributed by atoms with Crippen molar-refractivity contribution in [3.8, 4) is 0 Å². The minimum Gasteiger partial charge on any atom is -0.391 e. The fourth-order valence-electron chi connectivity index (χ4n) is 1.37. The highest BCUT2D eigenvalue weighted by Crippen LogP contribution is 2.29. The molecule has 0 bridgehead atoms. The zero-order chi connectivity index (χ0) is 11.6. The molecule has 0 saturated carbocycles. The van der Waals surface area contributed by atoms with Gasteiger partial charge in [-0.2, -0.15) is 0 Å². The molecule has 1 aromatic rings. The molecule has 2 atom stereocenters. The van der Waals surface area contributed by atoms with Crippen LogP contribution >= 0.6 is 44.3 Å². The number of halogens is 3. The molecule has 16 heavy (non-hydrogen) atoms. The second kappa shape index (κ2) is 6.97. The van der Waals surface area contributed by atoms with E-state index in [-0.39, 0.29) is 24.4 Å². The first kappa shape index (κ1) is 16.4. The second-order valence-electron chi connectivity index (χ2n) is 3.93. The first-order valence-electron chi connectivity index (χ1n) is 4.82. The van der Waals surface area contributed by atoms with Crippen LogP contribution in [0.15, 0.2) is 27.1 Å². The molecule has 5 heteroatoms. The van der Waals surface area contributed by atoms with Gasteiger partial charge in [0.15, 0.2) is 0 Å². The van der Waals surface area contributed by atoms with Crippen molar-refractivity contribution in [2.45, 2.75) is 26.0 Å². The van der Waals surface area contributed by atoms with Gasteiger partial charge in [-0.25, -0.2) is 0 Å². The van der Waals surface area contributed by atoms with Crippen molar-refractivity contribution in [3.63, 3.8) is 0 Å². The van der Waals surface area contributed by atoms with Crippen LogP contribution in [0.5, 0.6) is 0 Å². The van der Waals surface area contributed by atoms with Gasteiger partial charge in [-0.3, -0.25) is 0 Å². The number of aliphatic hydroxyl groups excluding tert-OH is 1.